The Labute approximate surface area is 118 Å². The first-order chi connectivity index (χ1) is 9.01. The maximum absolute atomic E-state index is 5.88. The molecule has 1 N–H and O–H groups in total. The molecule has 1 aromatic rings. The Balaban J connectivity index is 2.54. The highest BCUT2D eigenvalue weighted by Crippen LogP contribution is 2.13. The Morgan fingerprint density at radius 3 is 2.16 bits per heavy atom. The van der Waals surface area contributed by atoms with Crippen molar-refractivity contribution in [2.45, 2.75) is 47.7 Å². The number of furan rings is 1. The van der Waals surface area contributed by atoms with Crippen molar-refractivity contribution in [1.82, 2.24) is 10.2 Å². The van der Waals surface area contributed by atoms with E-state index in [-0.39, 0.29) is 0 Å². The zero-order valence-corrected chi connectivity index (χ0v) is 13.2. The molecule has 0 atom stereocenters. The lowest BCUT2D eigenvalue weighted by atomic mass is 10.1. The normalized spacial score (nSPS) is 12.0. The Hall–Kier alpha value is -0.800. The van der Waals surface area contributed by atoms with E-state index in [0.717, 1.165) is 44.2 Å². The number of nitrogens with one attached hydrogen (secondary N) is 1. The largest absolute Gasteiger partial charge is 0.463 e. The minimum Gasteiger partial charge on any atom is -0.463 e. The van der Waals surface area contributed by atoms with Crippen molar-refractivity contribution >= 4 is 0 Å². The van der Waals surface area contributed by atoms with Gasteiger partial charge in [0.15, 0.2) is 0 Å². The van der Waals surface area contributed by atoms with Crippen LogP contribution in [0.1, 0.15) is 46.1 Å². The number of nitrogens with zero attached hydrogens (tertiary/aromatic N) is 1. The van der Waals surface area contributed by atoms with Gasteiger partial charge < -0.3 is 9.73 Å². The van der Waals surface area contributed by atoms with Gasteiger partial charge in [-0.3, -0.25) is 4.90 Å². The summed E-state index contributed by atoms with van der Waals surface area (Å²) in [5.74, 6) is 3.49. The van der Waals surface area contributed by atoms with Crippen LogP contribution in [0.5, 0.6) is 0 Å². The second-order valence-electron chi connectivity index (χ2n) is 6.13. The van der Waals surface area contributed by atoms with Gasteiger partial charge in [-0.05, 0) is 30.5 Å². The molecule has 1 aromatic heterocycles. The molecule has 1 rings (SSSR count). The fourth-order valence-electron chi connectivity index (χ4n) is 2.31. The highest BCUT2D eigenvalue weighted by molar-refractivity contribution is 5.07. The van der Waals surface area contributed by atoms with Crippen molar-refractivity contribution < 1.29 is 4.42 Å². The average molecular weight is 266 g/mol. The molecule has 0 saturated carbocycles. The van der Waals surface area contributed by atoms with Crippen LogP contribution in [0.2, 0.25) is 0 Å². The molecule has 0 bridgehead atoms. The van der Waals surface area contributed by atoms with Crippen LogP contribution >= 0.6 is 0 Å². The van der Waals surface area contributed by atoms with Gasteiger partial charge in [0, 0.05) is 13.1 Å². The molecule has 0 aliphatic heterocycles. The second kappa shape index (κ2) is 8.39. The van der Waals surface area contributed by atoms with E-state index in [9.17, 15) is 0 Å². The van der Waals surface area contributed by atoms with Gasteiger partial charge in [-0.15, -0.1) is 0 Å². The lowest BCUT2D eigenvalue weighted by Gasteiger charge is -2.25. The van der Waals surface area contributed by atoms with E-state index in [1.54, 1.807) is 0 Å². The Morgan fingerprint density at radius 2 is 1.63 bits per heavy atom. The predicted octanol–water partition coefficient (Wildman–Crippen LogP) is 3.50. The Bertz CT molecular complexity index is 334. The van der Waals surface area contributed by atoms with Crippen LogP contribution in [0.25, 0.3) is 0 Å². The maximum Gasteiger partial charge on any atom is 0.118 e. The molecule has 0 radical (unpaired) electrons. The number of hydrogen-bond donors (Lipinski definition) is 1. The van der Waals surface area contributed by atoms with Crippen molar-refractivity contribution in [3.05, 3.63) is 23.7 Å². The van der Waals surface area contributed by atoms with Crippen molar-refractivity contribution in [3.63, 3.8) is 0 Å². The average Bonchev–Trinajstić information content (AvgIpc) is 2.72. The van der Waals surface area contributed by atoms with Gasteiger partial charge in [-0.2, -0.15) is 0 Å². The molecule has 0 saturated heterocycles. The summed E-state index contributed by atoms with van der Waals surface area (Å²) in [6.07, 6.45) is 0. The fraction of sp³-hybridized carbons (Fsp3) is 0.750. The monoisotopic (exact) mass is 266 g/mol. The lowest BCUT2D eigenvalue weighted by Crippen LogP contribution is -2.30. The maximum atomic E-state index is 5.88. The standard InChI is InChI=1S/C16H30N2O/c1-6-17-9-15-7-8-16(19-15)12-18(10-13(2)3)11-14(4)5/h7-8,13-14,17H,6,9-12H2,1-5H3. The van der Waals surface area contributed by atoms with Crippen LogP contribution in [0.4, 0.5) is 0 Å². The molecule has 0 aromatic carbocycles. The first kappa shape index (κ1) is 16.3. The van der Waals surface area contributed by atoms with Crippen molar-refractivity contribution in [3.8, 4) is 0 Å². The molecule has 19 heavy (non-hydrogen) atoms. The SMILES string of the molecule is CCNCc1ccc(CN(CC(C)C)CC(C)C)o1. The van der Waals surface area contributed by atoms with E-state index in [1.807, 2.05) is 0 Å². The first-order valence-corrected chi connectivity index (χ1v) is 7.51. The van der Waals surface area contributed by atoms with Crippen molar-refractivity contribution in [2.24, 2.45) is 11.8 Å². The van der Waals surface area contributed by atoms with Gasteiger partial charge in [-0.25, -0.2) is 0 Å². The summed E-state index contributed by atoms with van der Waals surface area (Å²) < 4.78 is 5.88. The fourth-order valence-corrected chi connectivity index (χ4v) is 2.31. The summed E-state index contributed by atoms with van der Waals surface area (Å²) in [6.45, 7) is 16.2. The second-order valence-corrected chi connectivity index (χ2v) is 6.13. The molecular weight excluding hydrogens is 236 g/mol. The summed E-state index contributed by atoms with van der Waals surface area (Å²) in [7, 11) is 0. The summed E-state index contributed by atoms with van der Waals surface area (Å²) in [4.78, 5) is 2.49. The zero-order chi connectivity index (χ0) is 14.3. The van der Waals surface area contributed by atoms with Crippen molar-refractivity contribution in [1.29, 1.82) is 0 Å². The lowest BCUT2D eigenvalue weighted by molar-refractivity contribution is 0.195. The highest BCUT2D eigenvalue weighted by atomic mass is 16.3. The quantitative estimate of drug-likeness (QED) is 0.741. The third-order valence-electron chi connectivity index (χ3n) is 2.89. The van der Waals surface area contributed by atoms with Crippen molar-refractivity contribution in [2.75, 3.05) is 19.6 Å². The van der Waals surface area contributed by atoms with Crippen LogP contribution in [-0.4, -0.2) is 24.5 Å². The molecule has 0 aliphatic carbocycles. The van der Waals surface area contributed by atoms with Gasteiger partial charge in [0.05, 0.1) is 13.1 Å². The molecule has 110 valence electrons. The van der Waals surface area contributed by atoms with Gasteiger partial charge in [0.25, 0.3) is 0 Å². The third-order valence-corrected chi connectivity index (χ3v) is 2.89. The number of hydrogen-bond acceptors (Lipinski definition) is 3. The first-order valence-electron chi connectivity index (χ1n) is 7.51. The van der Waals surface area contributed by atoms with E-state index in [0.29, 0.717) is 11.8 Å². The summed E-state index contributed by atoms with van der Waals surface area (Å²) in [5.41, 5.74) is 0. The Morgan fingerprint density at radius 1 is 1.05 bits per heavy atom. The minimum absolute atomic E-state index is 0.690. The van der Waals surface area contributed by atoms with Gasteiger partial charge in [-0.1, -0.05) is 34.6 Å². The van der Waals surface area contributed by atoms with E-state index >= 15 is 0 Å². The summed E-state index contributed by atoms with van der Waals surface area (Å²) >= 11 is 0. The van der Waals surface area contributed by atoms with E-state index in [2.05, 4.69) is 57.0 Å². The zero-order valence-electron chi connectivity index (χ0n) is 13.2. The highest BCUT2D eigenvalue weighted by Gasteiger charge is 2.12. The summed E-state index contributed by atoms with van der Waals surface area (Å²) in [6, 6.07) is 4.20. The van der Waals surface area contributed by atoms with Crippen LogP contribution in [-0.2, 0) is 13.1 Å². The van der Waals surface area contributed by atoms with E-state index < -0.39 is 0 Å². The molecule has 0 aliphatic rings. The minimum atomic E-state index is 0.690. The molecule has 0 amide bonds. The van der Waals surface area contributed by atoms with Crippen LogP contribution in [0.3, 0.4) is 0 Å². The molecule has 3 heteroatoms. The van der Waals surface area contributed by atoms with Crippen LogP contribution in [0.15, 0.2) is 16.5 Å². The van der Waals surface area contributed by atoms with E-state index in [4.69, 9.17) is 4.42 Å². The van der Waals surface area contributed by atoms with E-state index in [1.165, 1.54) is 0 Å². The molecule has 0 unspecified atom stereocenters. The molecule has 0 spiro atoms. The van der Waals surface area contributed by atoms with Crippen LogP contribution in [0, 0.1) is 11.8 Å². The molecule has 0 fully saturated rings. The van der Waals surface area contributed by atoms with Crippen LogP contribution < -0.4 is 5.32 Å². The number of rotatable bonds is 9. The predicted molar refractivity (Wildman–Crippen MR) is 81.0 cm³/mol. The Kier molecular flexibility index (Phi) is 7.17. The van der Waals surface area contributed by atoms with Gasteiger partial charge in [0.2, 0.25) is 0 Å². The third kappa shape index (κ3) is 6.79. The smallest absolute Gasteiger partial charge is 0.118 e. The summed E-state index contributed by atoms with van der Waals surface area (Å²) in [5, 5.41) is 3.29. The van der Waals surface area contributed by atoms with Gasteiger partial charge >= 0.3 is 0 Å². The molecule has 1 heterocycles. The molecular formula is C16H30N2O. The van der Waals surface area contributed by atoms with Gasteiger partial charge in [0.1, 0.15) is 11.5 Å². The topological polar surface area (TPSA) is 28.4 Å². The molecule has 3 nitrogen and oxygen atoms in total.